The second-order valence-corrected chi connectivity index (χ2v) is 9.22. The van der Waals surface area contributed by atoms with Crippen LogP contribution in [0, 0.1) is 6.92 Å². The topological polar surface area (TPSA) is 49.4 Å². The van der Waals surface area contributed by atoms with Crippen molar-refractivity contribution < 1.29 is 9.59 Å². The van der Waals surface area contributed by atoms with E-state index in [1.165, 1.54) is 22.9 Å². The molecule has 1 N–H and O–H groups in total. The first-order valence-electron chi connectivity index (χ1n) is 10.5. The number of rotatable bonds is 11. The smallest absolute Gasteiger partial charge is 0.242 e. The second kappa shape index (κ2) is 13.0. The molecule has 0 aliphatic heterocycles. The number of hydrogen-bond donors (Lipinski definition) is 1. The normalized spacial score (nSPS) is 11.8. The zero-order chi connectivity index (χ0) is 22.8. The van der Waals surface area contributed by atoms with Crippen LogP contribution in [0.15, 0.2) is 42.5 Å². The summed E-state index contributed by atoms with van der Waals surface area (Å²) in [5, 5.41) is 3.89. The van der Waals surface area contributed by atoms with E-state index in [0.717, 1.165) is 12.2 Å². The number of nitrogens with zero attached hydrogens (tertiary/aromatic N) is 1. The molecule has 2 aromatic carbocycles. The predicted molar refractivity (Wildman–Crippen MR) is 132 cm³/mol. The quantitative estimate of drug-likeness (QED) is 0.437. The molecule has 0 saturated heterocycles. The van der Waals surface area contributed by atoms with Crippen LogP contribution in [0.25, 0.3) is 0 Å². The Morgan fingerprint density at radius 3 is 2.39 bits per heavy atom. The highest BCUT2D eigenvalue weighted by molar-refractivity contribution is 7.99. The molecule has 2 amide bonds. The van der Waals surface area contributed by atoms with E-state index < -0.39 is 6.04 Å². The van der Waals surface area contributed by atoms with Gasteiger partial charge < -0.3 is 10.2 Å². The lowest BCUT2D eigenvalue weighted by atomic mass is 10.1. The molecule has 0 aromatic heterocycles. The van der Waals surface area contributed by atoms with E-state index in [0.29, 0.717) is 28.6 Å². The van der Waals surface area contributed by atoms with Crippen LogP contribution in [-0.2, 0) is 21.9 Å². The lowest BCUT2D eigenvalue weighted by molar-refractivity contribution is -0.139. The fraction of sp³-hybridized carbons (Fsp3) is 0.417. The van der Waals surface area contributed by atoms with Gasteiger partial charge in [0, 0.05) is 34.5 Å². The van der Waals surface area contributed by atoms with E-state index >= 15 is 0 Å². The average Bonchev–Trinajstić information content (AvgIpc) is 2.74. The van der Waals surface area contributed by atoms with Crippen LogP contribution in [0.4, 0.5) is 0 Å². The number of hydrogen-bond acceptors (Lipinski definition) is 3. The van der Waals surface area contributed by atoms with Gasteiger partial charge in [0.05, 0.1) is 5.75 Å². The van der Waals surface area contributed by atoms with Crippen molar-refractivity contribution in [1.82, 2.24) is 10.2 Å². The van der Waals surface area contributed by atoms with E-state index in [-0.39, 0.29) is 24.1 Å². The number of aryl methyl sites for hydroxylation is 1. The van der Waals surface area contributed by atoms with E-state index in [2.05, 4.69) is 30.4 Å². The zero-order valence-electron chi connectivity index (χ0n) is 18.3. The highest BCUT2D eigenvalue weighted by atomic mass is 35.5. The summed E-state index contributed by atoms with van der Waals surface area (Å²) in [5.74, 6) is 0.747. The van der Waals surface area contributed by atoms with Crippen molar-refractivity contribution in [3.05, 3.63) is 69.2 Å². The first kappa shape index (κ1) is 25.6. The molecule has 1 atom stereocenters. The zero-order valence-corrected chi connectivity index (χ0v) is 20.6. The predicted octanol–water partition coefficient (Wildman–Crippen LogP) is 5.87. The molecule has 31 heavy (non-hydrogen) atoms. The lowest BCUT2D eigenvalue weighted by Gasteiger charge is -2.31. The Labute approximate surface area is 199 Å². The van der Waals surface area contributed by atoms with Crippen molar-refractivity contribution in [2.75, 3.05) is 12.3 Å². The van der Waals surface area contributed by atoms with Gasteiger partial charge in [-0.25, -0.2) is 0 Å². The highest BCUT2D eigenvalue weighted by Gasteiger charge is 2.29. The number of thioether (sulfide) groups is 1. The van der Waals surface area contributed by atoms with Crippen LogP contribution < -0.4 is 5.32 Å². The molecule has 0 aliphatic rings. The third-order valence-corrected chi connectivity index (χ3v) is 6.60. The van der Waals surface area contributed by atoms with Crippen LogP contribution >= 0.6 is 35.0 Å². The summed E-state index contributed by atoms with van der Waals surface area (Å²) in [6.45, 7) is 6.72. The number of carbonyl (C=O) groups excluding carboxylic acids is 2. The molecule has 0 radical (unpaired) electrons. The van der Waals surface area contributed by atoms with Crippen molar-refractivity contribution in [3.63, 3.8) is 0 Å². The van der Waals surface area contributed by atoms with Crippen molar-refractivity contribution >= 4 is 46.8 Å². The fourth-order valence-corrected chi connectivity index (χ4v) is 4.66. The summed E-state index contributed by atoms with van der Waals surface area (Å²) in [7, 11) is 0. The highest BCUT2D eigenvalue weighted by Crippen LogP contribution is 2.27. The van der Waals surface area contributed by atoms with Crippen molar-refractivity contribution in [3.8, 4) is 0 Å². The van der Waals surface area contributed by atoms with Gasteiger partial charge in [0.1, 0.15) is 6.04 Å². The van der Waals surface area contributed by atoms with Crippen LogP contribution in [0.3, 0.4) is 0 Å². The van der Waals surface area contributed by atoms with Crippen LogP contribution in [0.2, 0.25) is 10.0 Å². The molecule has 2 rings (SSSR count). The lowest BCUT2D eigenvalue weighted by Crippen LogP contribution is -2.49. The average molecular weight is 481 g/mol. The van der Waals surface area contributed by atoms with Gasteiger partial charge in [0.2, 0.25) is 11.8 Å². The van der Waals surface area contributed by atoms with E-state index in [1.807, 2.05) is 19.9 Å². The molecule has 0 bridgehead atoms. The van der Waals surface area contributed by atoms with Gasteiger partial charge in [-0.2, -0.15) is 0 Å². The SMILES string of the molecule is CCCNC(=O)[C@@H](CC)N(Cc1c(Cl)cccc1Cl)C(=O)CSCc1cccc(C)c1. The van der Waals surface area contributed by atoms with Crippen LogP contribution in [0.1, 0.15) is 43.4 Å². The number of benzene rings is 2. The molecular formula is C24H30Cl2N2O2S. The van der Waals surface area contributed by atoms with Gasteiger partial charge in [-0.3, -0.25) is 9.59 Å². The van der Waals surface area contributed by atoms with E-state index in [9.17, 15) is 9.59 Å². The number of amides is 2. The summed E-state index contributed by atoms with van der Waals surface area (Å²) in [5.41, 5.74) is 3.02. The molecule has 0 saturated carbocycles. The maximum Gasteiger partial charge on any atom is 0.242 e. The maximum atomic E-state index is 13.2. The van der Waals surface area contributed by atoms with Crippen LogP contribution in [0.5, 0.6) is 0 Å². The van der Waals surface area contributed by atoms with Gasteiger partial charge in [-0.15, -0.1) is 11.8 Å². The molecule has 0 fully saturated rings. The Kier molecular flexibility index (Phi) is 10.7. The molecule has 4 nitrogen and oxygen atoms in total. The Bertz CT molecular complexity index is 871. The minimum atomic E-state index is -0.578. The minimum Gasteiger partial charge on any atom is -0.354 e. The monoisotopic (exact) mass is 480 g/mol. The van der Waals surface area contributed by atoms with Gasteiger partial charge in [0.15, 0.2) is 0 Å². The molecule has 168 valence electrons. The summed E-state index contributed by atoms with van der Waals surface area (Å²) >= 11 is 14.3. The number of halogens is 2. The molecule has 7 heteroatoms. The number of nitrogens with one attached hydrogen (secondary N) is 1. The third-order valence-electron chi connectivity index (χ3n) is 4.90. The Balaban J connectivity index is 2.18. The largest absolute Gasteiger partial charge is 0.354 e. The van der Waals surface area contributed by atoms with Crippen molar-refractivity contribution in [2.24, 2.45) is 0 Å². The van der Waals surface area contributed by atoms with E-state index in [4.69, 9.17) is 23.2 Å². The summed E-state index contributed by atoms with van der Waals surface area (Å²) in [6.07, 6.45) is 1.34. The Hall–Kier alpha value is -1.69. The molecule has 0 unspecified atom stereocenters. The summed E-state index contributed by atoms with van der Waals surface area (Å²) in [6, 6.07) is 12.9. The van der Waals surface area contributed by atoms with Gasteiger partial charge in [-0.05, 0) is 37.5 Å². The van der Waals surface area contributed by atoms with Crippen molar-refractivity contribution in [2.45, 2.75) is 52.0 Å². The second-order valence-electron chi connectivity index (χ2n) is 7.42. The first-order chi connectivity index (χ1) is 14.9. The van der Waals surface area contributed by atoms with Crippen molar-refractivity contribution in [1.29, 1.82) is 0 Å². The number of carbonyl (C=O) groups is 2. The third kappa shape index (κ3) is 7.74. The minimum absolute atomic E-state index is 0.105. The van der Waals surface area contributed by atoms with Gasteiger partial charge in [-0.1, -0.05) is 72.9 Å². The van der Waals surface area contributed by atoms with E-state index in [1.54, 1.807) is 23.1 Å². The molecule has 2 aromatic rings. The maximum absolute atomic E-state index is 13.2. The summed E-state index contributed by atoms with van der Waals surface area (Å²) in [4.78, 5) is 27.7. The molecule has 0 spiro atoms. The fourth-order valence-electron chi connectivity index (χ4n) is 3.28. The molecular weight excluding hydrogens is 451 g/mol. The Morgan fingerprint density at radius 2 is 1.77 bits per heavy atom. The first-order valence-corrected chi connectivity index (χ1v) is 12.4. The van der Waals surface area contributed by atoms with Gasteiger partial charge in [0.25, 0.3) is 0 Å². The molecule has 0 heterocycles. The summed E-state index contributed by atoms with van der Waals surface area (Å²) < 4.78 is 0. The standard InChI is InChI=1S/C24H30Cl2N2O2S/c1-4-12-27-24(30)22(5-2)28(14-19-20(25)10-7-11-21(19)26)23(29)16-31-15-18-9-6-8-17(3)13-18/h6-11,13,22H,4-5,12,14-16H2,1-3H3,(H,27,30)/t22-/m1/s1. The van der Waals surface area contributed by atoms with Crippen LogP contribution in [-0.4, -0.2) is 35.1 Å². The van der Waals surface area contributed by atoms with Gasteiger partial charge >= 0.3 is 0 Å². The Morgan fingerprint density at radius 1 is 1.10 bits per heavy atom. The molecule has 0 aliphatic carbocycles.